The van der Waals surface area contributed by atoms with Gasteiger partial charge in [0.25, 0.3) is 0 Å². The van der Waals surface area contributed by atoms with Crippen LogP contribution in [0.25, 0.3) is 0 Å². The lowest BCUT2D eigenvalue weighted by Gasteiger charge is -2.05. The Morgan fingerprint density at radius 3 is 2.71 bits per heavy atom. The SMILES string of the molecule is CCc1cc(C=Nc2ccc3c(c2)OCO3)c(O)cc1O. The number of aliphatic imine (C=N–C) groups is 1. The molecule has 1 aliphatic heterocycles. The Bertz CT molecular complexity index is 710. The molecule has 0 bridgehead atoms. The third kappa shape index (κ3) is 2.63. The Balaban J connectivity index is 1.89. The predicted octanol–water partition coefficient (Wildman–Crippen LogP) is 3.14. The van der Waals surface area contributed by atoms with Crippen LogP contribution in [0.3, 0.4) is 0 Å². The summed E-state index contributed by atoms with van der Waals surface area (Å²) in [6.45, 7) is 2.16. The van der Waals surface area contributed by atoms with Gasteiger partial charge in [-0.2, -0.15) is 0 Å². The van der Waals surface area contributed by atoms with Gasteiger partial charge in [0.2, 0.25) is 6.79 Å². The molecule has 0 radical (unpaired) electrons. The predicted molar refractivity (Wildman–Crippen MR) is 79.0 cm³/mol. The van der Waals surface area contributed by atoms with Crippen LogP contribution in [0.1, 0.15) is 18.1 Å². The van der Waals surface area contributed by atoms with Crippen LogP contribution in [-0.4, -0.2) is 23.2 Å². The van der Waals surface area contributed by atoms with Gasteiger partial charge in [-0.15, -0.1) is 0 Å². The van der Waals surface area contributed by atoms with Crippen molar-refractivity contribution in [2.24, 2.45) is 4.99 Å². The van der Waals surface area contributed by atoms with Crippen molar-refractivity contribution in [2.75, 3.05) is 6.79 Å². The van der Waals surface area contributed by atoms with Crippen molar-refractivity contribution >= 4 is 11.9 Å². The van der Waals surface area contributed by atoms with Crippen molar-refractivity contribution < 1.29 is 19.7 Å². The maximum Gasteiger partial charge on any atom is 0.231 e. The fourth-order valence-electron chi connectivity index (χ4n) is 2.14. The summed E-state index contributed by atoms with van der Waals surface area (Å²) in [7, 11) is 0. The number of aromatic hydroxyl groups is 2. The van der Waals surface area contributed by atoms with E-state index in [9.17, 15) is 10.2 Å². The first-order valence-electron chi connectivity index (χ1n) is 6.66. The minimum atomic E-state index is -0.00538. The van der Waals surface area contributed by atoms with Crippen LogP contribution in [0.15, 0.2) is 35.3 Å². The number of nitrogens with zero attached hydrogens (tertiary/aromatic N) is 1. The number of rotatable bonds is 3. The van der Waals surface area contributed by atoms with Crippen molar-refractivity contribution in [1.82, 2.24) is 0 Å². The van der Waals surface area contributed by atoms with Crippen LogP contribution in [-0.2, 0) is 6.42 Å². The molecule has 0 saturated carbocycles. The minimum absolute atomic E-state index is 0.00538. The summed E-state index contributed by atoms with van der Waals surface area (Å²) in [5.41, 5.74) is 2.02. The quantitative estimate of drug-likeness (QED) is 0.850. The van der Waals surface area contributed by atoms with E-state index in [0.29, 0.717) is 29.2 Å². The molecule has 0 aliphatic carbocycles. The third-order valence-corrected chi connectivity index (χ3v) is 3.32. The average Bonchev–Trinajstić information content (AvgIpc) is 2.94. The third-order valence-electron chi connectivity index (χ3n) is 3.32. The molecule has 5 nitrogen and oxygen atoms in total. The maximum absolute atomic E-state index is 9.85. The van der Waals surface area contributed by atoms with E-state index in [2.05, 4.69) is 4.99 Å². The fraction of sp³-hybridized carbons (Fsp3) is 0.188. The van der Waals surface area contributed by atoms with Gasteiger partial charge >= 0.3 is 0 Å². The van der Waals surface area contributed by atoms with Gasteiger partial charge in [0.1, 0.15) is 11.5 Å². The summed E-state index contributed by atoms with van der Waals surface area (Å²) in [5, 5.41) is 19.5. The Kier molecular flexibility index (Phi) is 3.39. The smallest absolute Gasteiger partial charge is 0.231 e. The molecule has 0 amide bonds. The van der Waals surface area contributed by atoms with E-state index in [1.165, 1.54) is 6.07 Å². The number of aryl methyl sites for hydroxylation is 1. The number of hydrogen-bond acceptors (Lipinski definition) is 5. The second-order valence-electron chi connectivity index (χ2n) is 4.69. The van der Waals surface area contributed by atoms with Crippen molar-refractivity contribution in [3.05, 3.63) is 41.5 Å². The molecule has 21 heavy (non-hydrogen) atoms. The van der Waals surface area contributed by atoms with Crippen molar-refractivity contribution in [2.45, 2.75) is 13.3 Å². The van der Waals surface area contributed by atoms with Crippen molar-refractivity contribution in [3.63, 3.8) is 0 Å². The Morgan fingerprint density at radius 1 is 1.10 bits per heavy atom. The van der Waals surface area contributed by atoms with Crippen LogP contribution in [0, 0.1) is 0 Å². The summed E-state index contributed by atoms with van der Waals surface area (Å²) >= 11 is 0. The molecule has 2 aromatic carbocycles. The topological polar surface area (TPSA) is 71.3 Å². The highest BCUT2D eigenvalue weighted by molar-refractivity contribution is 5.86. The molecule has 0 atom stereocenters. The molecule has 0 unspecified atom stereocenters. The average molecular weight is 285 g/mol. The van der Waals surface area contributed by atoms with Crippen molar-refractivity contribution in [3.8, 4) is 23.0 Å². The van der Waals surface area contributed by atoms with Crippen LogP contribution in [0.4, 0.5) is 5.69 Å². The van der Waals surface area contributed by atoms with E-state index in [-0.39, 0.29) is 18.3 Å². The van der Waals surface area contributed by atoms with Gasteiger partial charge in [0, 0.05) is 23.9 Å². The molecule has 0 fully saturated rings. The van der Waals surface area contributed by atoms with E-state index in [1.54, 1.807) is 24.4 Å². The van der Waals surface area contributed by atoms with Gasteiger partial charge in [-0.25, -0.2) is 0 Å². The second-order valence-corrected chi connectivity index (χ2v) is 4.69. The van der Waals surface area contributed by atoms with Crippen LogP contribution < -0.4 is 9.47 Å². The van der Waals surface area contributed by atoms with E-state index in [4.69, 9.17) is 9.47 Å². The number of benzene rings is 2. The lowest BCUT2D eigenvalue weighted by Crippen LogP contribution is -1.92. The summed E-state index contributed by atoms with van der Waals surface area (Å²) in [6.07, 6.45) is 2.24. The Hall–Kier alpha value is -2.69. The van der Waals surface area contributed by atoms with Crippen LogP contribution in [0.2, 0.25) is 0 Å². The van der Waals surface area contributed by atoms with E-state index in [1.807, 2.05) is 13.0 Å². The second kappa shape index (κ2) is 5.36. The summed E-state index contributed by atoms with van der Waals surface area (Å²) < 4.78 is 10.5. The molecule has 1 aliphatic rings. The van der Waals surface area contributed by atoms with Gasteiger partial charge < -0.3 is 19.7 Å². The zero-order valence-corrected chi connectivity index (χ0v) is 11.5. The van der Waals surface area contributed by atoms with Gasteiger partial charge in [-0.05, 0) is 30.2 Å². The van der Waals surface area contributed by atoms with Gasteiger partial charge in [-0.3, -0.25) is 4.99 Å². The summed E-state index contributed by atoms with van der Waals surface area (Å²) in [6, 6.07) is 8.43. The maximum atomic E-state index is 9.85. The number of fused-ring (bicyclic) bond motifs is 1. The van der Waals surface area contributed by atoms with E-state index < -0.39 is 0 Å². The highest BCUT2D eigenvalue weighted by Crippen LogP contribution is 2.35. The molecular weight excluding hydrogens is 270 g/mol. The Labute approximate surface area is 122 Å². The molecular formula is C16H15NO4. The molecule has 108 valence electrons. The number of hydrogen-bond donors (Lipinski definition) is 2. The molecule has 0 saturated heterocycles. The van der Waals surface area contributed by atoms with Gasteiger partial charge in [-0.1, -0.05) is 6.92 Å². The normalized spacial score (nSPS) is 13.0. The van der Waals surface area contributed by atoms with Gasteiger partial charge in [0.05, 0.1) is 5.69 Å². The number of phenolic OH excluding ortho intramolecular Hbond substituents is 2. The highest BCUT2D eigenvalue weighted by atomic mass is 16.7. The standard InChI is InChI=1S/C16H15NO4/c1-2-10-5-11(14(19)7-13(10)18)8-17-12-3-4-15-16(6-12)21-9-20-15/h3-8,18-19H,2,9H2,1H3. The first-order valence-corrected chi connectivity index (χ1v) is 6.66. The van der Waals surface area contributed by atoms with E-state index in [0.717, 1.165) is 5.56 Å². The molecule has 0 spiro atoms. The molecule has 5 heteroatoms. The molecule has 0 aromatic heterocycles. The lowest BCUT2D eigenvalue weighted by atomic mass is 10.1. The molecule has 3 rings (SSSR count). The number of ether oxygens (including phenoxy) is 2. The zero-order valence-electron chi connectivity index (χ0n) is 11.5. The van der Waals surface area contributed by atoms with E-state index >= 15 is 0 Å². The largest absolute Gasteiger partial charge is 0.508 e. The van der Waals surface area contributed by atoms with Crippen LogP contribution >= 0.6 is 0 Å². The fourth-order valence-corrected chi connectivity index (χ4v) is 2.14. The van der Waals surface area contributed by atoms with Crippen LogP contribution in [0.5, 0.6) is 23.0 Å². The van der Waals surface area contributed by atoms with Gasteiger partial charge in [0.15, 0.2) is 11.5 Å². The lowest BCUT2D eigenvalue weighted by molar-refractivity contribution is 0.174. The molecule has 1 heterocycles. The molecule has 2 N–H and O–H groups in total. The minimum Gasteiger partial charge on any atom is -0.508 e. The highest BCUT2D eigenvalue weighted by Gasteiger charge is 2.12. The molecule has 2 aromatic rings. The summed E-state index contributed by atoms with van der Waals surface area (Å²) in [5.74, 6) is 1.45. The Morgan fingerprint density at radius 2 is 1.90 bits per heavy atom. The number of phenols is 2. The first-order chi connectivity index (χ1) is 10.2. The first kappa shape index (κ1) is 13.3. The zero-order chi connectivity index (χ0) is 14.8. The summed E-state index contributed by atoms with van der Waals surface area (Å²) in [4.78, 5) is 4.32. The monoisotopic (exact) mass is 285 g/mol. The van der Waals surface area contributed by atoms with Crippen molar-refractivity contribution in [1.29, 1.82) is 0 Å².